The quantitative estimate of drug-likeness (QED) is 0.829. The van der Waals surface area contributed by atoms with Crippen LogP contribution in [0.1, 0.15) is 38.7 Å². The molecule has 96 valence electrons. The van der Waals surface area contributed by atoms with Crippen LogP contribution in [0.15, 0.2) is 24.3 Å². The molecule has 0 aliphatic heterocycles. The van der Waals surface area contributed by atoms with Gasteiger partial charge in [-0.15, -0.1) is 0 Å². The first-order valence-corrected chi connectivity index (χ1v) is 6.06. The van der Waals surface area contributed by atoms with E-state index >= 15 is 0 Å². The molecule has 2 unspecified atom stereocenters. The maximum atomic E-state index is 13.7. The van der Waals surface area contributed by atoms with Gasteiger partial charge in [0.2, 0.25) is 0 Å². The summed E-state index contributed by atoms with van der Waals surface area (Å²) in [4.78, 5) is 0. The third kappa shape index (κ3) is 3.05. The predicted molar refractivity (Wildman–Crippen MR) is 68.3 cm³/mol. The summed E-state index contributed by atoms with van der Waals surface area (Å²) in [5, 5.41) is 10.4. The number of nitrogens with two attached hydrogens (primary N) is 1. The molecule has 3 N–H and O–H groups in total. The predicted octanol–water partition coefficient (Wildman–Crippen LogP) is 2.67. The van der Waals surface area contributed by atoms with Crippen molar-refractivity contribution in [1.82, 2.24) is 0 Å². The molecule has 3 heteroatoms. The molecule has 1 aromatic rings. The zero-order chi connectivity index (χ0) is 13.1. The Bertz CT molecular complexity index is 365. The Kier molecular flexibility index (Phi) is 4.66. The normalized spacial score (nSPS) is 15.6. The van der Waals surface area contributed by atoms with Gasteiger partial charge in [-0.3, -0.25) is 0 Å². The van der Waals surface area contributed by atoms with Crippen LogP contribution in [0.25, 0.3) is 0 Å². The van der Waals surface area contributed by atoms with Gasteiger partial charge in [0.05, 0.1) is 6.10 Å². The maximum Gasteiger partial charge on any atom is 0.126 e. The second kappa shape index (κ2) is 5.61. The highest BCUT2D eigenvalue weighted by molar-refractivity contribution is 5.24. The average Bonchev–Trinajstić information content (AvgIpc) is 2.32. The lowest BCUT2D eigenvalue weighted by Gasteiger charge is -2.35. The van der Waals surface area contributed by atoms with Crippen LogP contribution in [0.2, 0.25) is 0 Å². The van der Waals surface area contributed by atoms with Crippen molar-refractivity contribution in [2.45, 2.75) is 39.2 Å². The third-order valence-electron chi connectivity index (χ3n) is 3.65. The average molecular weight is 239 g/mol. The highest BCUT2D eigenvalue weighted by Gasteiger charge is 2.34. The first kappa shape index (κ1) is 14.1. The number of aliphatic hydroxyl groups is 1. The molecular weight excluding hydrogens is 217 g/mol. The molecule has 1 aromatic carbocycles. The van der Waals surface area contributed by atoms with Crippen molar-refractivity contribution in [3.63, 3.8) is 0 Å². The van der Waals surface area contributed by atoms with Crippen molar-refractivity contribution in [3.8, 4) is 0 Å². The first-order valence-electron chi connectivity index (χ1n) is 6.06. The number of hydrogen-bond donors (Lipinski definition) is 2. The standard InChI is InChI=1S/C14H22FNO/c1-4-14(2,3)13(17)11(9-16)10-7-5-6-8-12(10)15/h5-8,11,13,17H,4,9,16H2,1-3H3. The summed E-state index contributed by atoms with van der Waals surface area (Å²) in [5.41, 5.74) is 5.93. The van der Waals surface area contributed by atoms with Crippen LogP contribution >= 0.6 is 0 Å². The number of benzene rings is 1. The van der Waals surface area contributed by atoms with Gasteiger partial charge in [-0.25, -0.2) is 4.39 Å². The Morgan fingerprint density at radius 1 is 1.35 bits per heavy atom. The van der Waals surface area contributed by atoms with Gasteiger partial charge < -0.3 is 10.8 Å². The molecule has 17 heavy (non-hydrogen) atoms. The van der Waals surface area contributed by atoms with E-state index in [1.54, 1.807) is 18.2 Å². The Labute approximate surface area is 103 Å². The van der Waals surface area contributed by atoms with E-state index in [2.05, 4.69) is 0 Å². The van der Waals surface area contributed by atoms with Gasteiger partial charge >= 0.3 is 0 Å². The van der Waals surface area contributed by atoms with Crippen molar-refractivity contribution >= 4 is 0 Å². The van der Waals surface area contributed by atoms with E-state index in [9.17, 15) is 9.50 Å². The monoisotopic (exact) mass is 239 g/mol. The fourth-order valence-electron chi connectivity index (χ4n) is 1.96. The van der Waals surface area contributed by atoms with E-state index in [4.69, 9.17) is 5.73 Å². The topological polar surface area (TPSA) is 46.2 Å². The summed E-state index contributed by atoms with van der Waals surface area (Å²) in [6, 6.07) is 6.52. The number of rotatable bonds is 5. The Hall–Kier alpha value is -0.930. The van der Waals surface area contributed by atoms with E-state index < -0.39 is 6.10 Å². The van der Waals surface area contributed by atoms with Crippen molar-refractivity contribution in [2.24, 2.45) is 11.1 Å². The summed E-state index contributed by atoms with van der Waals surface area (Å²) >= 11 is 0. The van der Waals surface area contributed by atoms with E-state index in [0.29, 0.717) is 5.56 Å². The molecule has 0 radical (unpaired) electrons. The van der Waals surface area contributed by atoms with Crippen LogP contribution in [-0.4, -0.2) is 17.8 Å². The Balaban J connectivity index is 3.04. The van der Waals surface area contributed by atoms with Crippen LogP contribution < -0.4 is 5.73 Å². The smallest absolute Gasteiger partial charge is 0.126 e. The minimum atomic E-state index is -0.644. The second-order valence-electron chi connectivity index (χ2n) is 5.15. The van der Waals surface area contributed by atoms with Gasteiger partial charge in [-0.2, -0.15) is 0 Å². The van der Waals surface area contributed by atoms with Gasteiger partial charge in [0.25, 0.3) is 0 Å². The Morgan fingerprint density at radius 3 is 2.41 bits per heavy atom. The van der Waals surface area contributed by atoms with Crippen LogP contribution in [0, 0.1) is 11.2 Å². The lowest BCUT2D eigenvalue weighted by Crippen LogP contribution is -2.38. The molecule has 0 aliphatic carbocycles. The number of hydrogen-bond acceptors (Lipinski definition) is 2. The van der Waals surface area contributed by atoms with Crippen molar-refractivity contribution in [1.29, 1.82) is 0 Å². The largest absolute Gasteiger partial charge is 0.392 e. The Morgan fingerprint density at radius 2 is 1.94 bits per heavy atom. The highest BCUT2D eigenvalue weighted by atomic mass is 19.1. The van der Waals surface area contributed by atoms with Crippen molar-refractivity contribution in [2.75, 3.05) is 6.54 Å². The van der Waals surface area contributed by atoms with Gasteiger partial charge in [-0.1, -0.05) is 39.0 Å². The van der Waals surface area contributed by atoms with Gasteiger partial charge in [0.15, 0.2) is 0 Å². The fraction of sp³-hybridized carbons (Fsp3) is 0.571. The molecule has 0 saturated heterocycles. The minimum absolute atomic E-state index is 0.242. The van der Waals surface area contributed by atoms with Crippen LogP contribution in [-0.2, 0) is 0 Å². The molecule has 0 fully saturated rings. The molecule has 2 atom stereocenters. The van der Waals surface area contributed by atoms with Crippen LogP contribution in [0.5, 0.6) is 0 Å². The summed E-state index contributed by atoms with van der Waals surface area (Å²) in [5.74, 6) is -0.653. The van der Waals surface area contributed by atoms with Crippen LogP contribution in [0.3, 0.4) is 0 Å². The summed E-state index contributed by atoms with van der Waals surface area (Å²) in [6.07, 6.45) is 0.174. The number of halogens is 1. The molecule has 0 amide bonds. The van der Waals surface area contributed by atoms with E-state index in [1.165, 1.54) is 6.07 Å². The van der Waals surface area contributed by atoms with Gasteiger partial charge in [-0.05, 0) is 23.5 Å². The van der Waals surface area contributed by atoms with Gasteiger partial charge in [0.1, 0.15) is 5.82 Å². The fourth-order valence-corrected chi connectivity index (χ4v) is 1.96. The van der Waals surface area contributed by atoms with Crippen LogP contribution in [0.4, 0.5) is 4.39 Å². The van der Waals surface area contributed by atoms with E-state index in [0.717, 1.165) is 6.42 Å². The molecule has 0 spiro atoms. The summed E-state index contributed by atoms with van der Waals surface area (Å²) in [7, 11) is 0. The zero-order valence-electron chi connectivity index (χ0n) is 10.8. The van der Waals surface area contributed by atoms with Gasteiger partial charge in [0, 0.05) is 12.5 Å². The zero-order valence-corrected chi connectivity index (χ0v) is 10.8. The third-order valence-corrected chi connectivity index (χ3v) is 3.65. The highest BCUT2D eigenvalue weighted by Crippen LogP contribution is 2.34. The van der Waals surface area contributed by atoms with E-state index in [-0.39, 0.29) is 23.7 Å². The lowest BCUT2D eigenvalue weighted by atomic mass is 9.75. The maximum absolute atomic E-state index is 13.7. The number of aliphatic hydroxyl groups excluding tert-OH is 1. The molecule has 0 saturated carbocycles. The second-order valence-corrected chi connectivity index (χ2v) is 5.15. The van der Waals surface area contributed by atoms with Crippen molar-refractivity contribution < 1.29 is 9.50 Å². The first-order chi connectivity index (χ1) is 7.94. The molecule has 0 heterocycles. The molecule has 0 aromatic heterocycles. The van der Waals surface area contributed by atoms with E-state index in [1.807, 2.05) is 20.8 Å². The summed E-state index contributed by atoms with van der Waals surface area (Å²) in [6.45, 7) is 6.20. The summed E-state index contributed by atoms with van der Waals surface area (Å²) < 4.78 is 13.7. The molecule has 0 aliphatic rings. The minimum Gasteiger partial charge on any atom is -0.392 e. The molecular formula is C14H22FNO. The SMILES string of the molecule is CCC(C)(C)C(O)C(CN)c1ccccc1F. The lowest BCUT2D eigenvalue weighted by molar-refractivity contribution is 0.0256. The van der Waals surface area contributed by atoms with Crippen molar-refractivity contribution in [3.05, 3.63) is 35.6 Å². The molecule has 1 rings (SSSR count). The molecule has 0 bridgehead atoms. The molecule has 2 nitrogen and oxygen atoms in total.